The van der Waals surface area contributed by atoms with E-state index in [1.54, 1.807) is 0 Å². The summed E-state index contributed by atoms with van der Waals surface area (Å²) in [5.74, 6) is 0. The normalized spacial score (nSPS) is 29.8. The van der Waals surface area contributed by atoms with E-state index in [1.165, 1.54) is 16.5 Å². The minimum Gasteiger partial charge on any atom is -0.373 e. The van der Waals surface area contributed by atoms with E-state index in [0.717, 1.165) is 32.4 Å². The van der Waals surface area contributed by atoms with Gasteiger partial charge < -0.3 is 20.8 Å². The van der Waals surface area contributed by atoms with Gasteiger partial charge in [0.2, 0.25) is 0 Å². The first-order valence-corrected chi connectivity index (χ1v) is 9.51. The third-order valence-corrected chi connectivity index (χ3v) is 6.41. The number of benzene rings is 1. The molecule has 3 fully saturated rings. The molecule has 3 heterocycles. The predicted octanol–water partition coefficient (Wildman–Crippen LogP) is 3.32. The smallest absolute Gasteiger partial charge is 0.0817 e. The summed E-state index contributed by atoms with van der Waals surface area (Å²) >= 11 is 0. The van der Waals surface area contributed by atoms with Crippen molar-refractivity contribution in [3.63, 3.8) is 0 Å². The zero-order valence-corrected chi connectivity index (χ0v) is 15.7. The Kier molecular flexibility index (Phi) is 3.98. The molecule has 1 unspecified atom stereocenters. The zero-order valence-electron chi connectivity index (χ0n) is 15.7. The first kappa shape index (κ1) is 17.1. The first-order chi connectivity index (χ1) is 11.9. The number of para-hydroxylation sites is 1. The van der Waals surface area contributed by atoms with Gasteiger partial charge in [0.25, 0.3) is 0 Å². The molecule has 2 saturated heterocycles. The molecule has 1 aromatic heterocycles. The Morgan fingerprint density at radius 1 is 1.32 bits per heavy atom. The second-order valence-corrected chi connectivity index (χ2v) is 9.15. The van der Waals surface area contributed by atoms with Gasteiger partial charge in [-0.05, 0) is 43.2 Å². The van der Waals surface area contributed by atoms with E-state index in [9.17, 15) is 0 Å². The second-order valence-electron chi connectivity index (χ2n) is 9.15. The highest BCUT2D eigenvalue weighted by Gasteiger charge is 2.61. The summed E-state index contributed by atoms with van der Waals surface area (Å²) in [7, 11) is 0. The van der Waals surface area contributed by atoms with E-state index in [-0.39, 0.29) is 11.0 Å². The molecule has 2 aliphatic heterocycles. The Bertz CT molecular complexity index is 757. The van der Waals surface area contributed by atoms with E-state index >= 15 is 0 Å². The average Bonchev–Trinajstić information content (AvgIpc) is 3.23. The highest BCUT2D eigenvalue weighted by molar-refractivity contribution is 5.84. The minimum atomic E-state index is 0.00816. The number of hydrogen-bond acceptors (Lipinski definition) is 3. The monoisotopic (exact) mass is 341 g/mol. The van der Waals surface area contributed by atoms with Gasteiger partial charge in [-0.25, -0.2) is 0 Å². The molecule has 0 radical (unpaired) electrons. The average molecular weight is 341 g/mol. The highest BCUT2D eigenvalue weighted by atomic mass is 16.5. The number of aromatic amines is 1. The summed E-state index contributed by atoms with van der Waals surface area (Å²) in [6, 6.07) is 9.04. The summed E-state index contributed by atoms with van der Waals surface area (Å²) in [5, 5.41) is 5.12. The Morgan fingerprint density at radius 3 is 2.80 bits per heavy atom. The van der Waals surface area contributed by atoms with Gasteiger partial charge in [0, 0.05) is 41.6 Å². The maximum atomic E-state index is 5.94. The first-order valence-electron chi connectivity index (χ1n) is 9.51. The van der Waals surface area contributed by atoms with E-state index in [2.05, 4.69) is 61.5 Å². The molecule has 2 aromatic rings. The molecule has 1 aromatic carbocycles. The maximum Gasteiger partial charge on any atom is 0.0817 e. The van der Waals surface area contributed by atoms with Crippen LogP contribution in [0.25, 0.3) is 10.9 Å². The van der Waals surface area contributed by atoms with Crippen LogP contribution in [0.2, 0.25) is 0 Å². The fraction of sp³-hybridized carbons (Fsp3) is 0.619. The molecule has 3 aliphatic rings. The van der Waals surface area contributed by atoms with E-state index in [1.807, 2.05) is 0 Å². The van der Waals surface area contributed by atoms with Gasteiger partial charge >= 0.3 is 0 Å². The van der Waals surface area contributed by atoms with Crippen molar-refractivity contribution in [3.05, 3.63) is 36.0 Å². The predicted molar refractivity (Wildman–Crippen MR) is 103 cm³/mol. The molecule has 5 rings (SSSR count). The Hall–Kier alpha value is -1.36. The highest BCUT2D eigenvalue weighted by Crippen LogP contribution is 2.57. The number of ether oxygens (including phenoxy) is 1. The van der Waals surface area contributed by atoms with Crippen molar-refractivity contribution in [2.45, 2.75) is 57.1 Å². The quantitative estimate of drug-likeness (QED) is 0.724. The molecular weight excluding hydrogens is 310 g/mol. The minimum absolute atomic E-state index is 0.00816. The second kappa shape index (κ2) is 5.83. The maximum absolute atomic E-state index is 5.94. The van der Waals surface area contributed by atoms with Crippen LogP contribution in [-0.4, -0.2) is 36.3 Å². The molecule has 136 valence electrons. The lowest BCUT2D eigenvalue weighted by molar-refractivity contribution is -0.00641. The van der Waals surface area contributed by atoms with E-state index < -0.39 is 0 Å². The number of rotatable bonds is 7. The van der Waals surface area contributed by atoms with Crippen LogP contribution in [0.1, 0.15) is 45.6 Å². The van der Waals surface area contributed by atoms with Crippen LogP contribution >= 0.6 is 0 Å². The number of hydrogen-bond donors (Lipinski definition) is 3. The summed E-state index contributed by atoms with van der Waals surface area (Å²) in [6.45, 7) is 9.58. The molecule has 1 aliphatic carbocycles. The summed E-state index contributed by atoms with van der Waals surface area (Å²) in [5.41, 5.74) is 8.95. The van der Waals surface area contributed by atoms with Gasteiger partial charge in [-0.15, -0.1) is 0 Å². The molecule has 4 heteroatoms. The van der Waals surface area contributed by atoms with Crippen molar-refractivity contribution in [2.24, 2.45) is 11.1 Å². The molecular formula is C21H31N3O. The third kappa shape index (κ3) is 2.90. The van der Waals surface area contributed by atoms with E-state index in [4.69, 9.17) is 10.5 Å². The number of aromatic nitrogens is 1. The summed E-state index contributed by atoms with van der Waals surface area (Å²) in [4.78, 5) is 3.42. The Morgan fingerprint density at radius 2 is 2.08 bits per heavy atom. The topological polar surface area (TPSA) is 63.1 Å². The van der Waals surface area contributed by atoms with Crippen LogP contribution in [0.5, 0.6) is 0 Å². The van der Waals surface area contributed by atoms with Crippen LogP contribution in [0.15, 0.2) is 30.5 Å². The van der Waals surface area contributed by atoms with Crippen molar-refractivity contribution >= 4 is 10.9 Å². The van der Waals surface area contributed by atoms with Crippen molar-refractivity contribution in [1.82, 2.24) is 10.3 Å². The van der Waals surface area contributed by atoms with Gasteiger partial charge in [-0.3, -0.25) is 0 Å². The van der Waals surface area contributed by atoms with Gasteiger partial charge in [0.1, 0.15) is 0 Å². The van der Waals surface area contributed by atoms with Gasteiger partial charge in [0.15, 0.2) is 0 Å². The van der Waals surface area contributed by atoms with Crippen molar-refractivity contribution in [2.75, 3.05) is 19.7 Å². The zero-order chi connectivity index (χ0) is 17.7. The standard InChI is InChI=1S/C21H31N3O/c1-15(24-13-20-10-21(11-20,12-22)25-14-20)8-19(2,3)17-9-23-18-7-5-4-6-16(17)18/h4-7,9,15,23-24H,8,10-14,22H2,1-3H3. The van der Waals surface area contributed by atoms with Crippen molar-refractivity contribution in [3.8, 4) is 0 Å². The van der Waals surface area contributed by atoms with Crippen LogP contribution in [0, 0.1) is 5.41 Å². The lowest BCUT2D eigenvalue weighted by Crippen LogP contribution is -2.53. The van der Waals surface area contributed by atoms with E-state index in [0.29, 0.717) is 18.0 Å². The number of nitrogens with two attached hydrogens (primary N) is 1. The fourth-order valence-corrected chi connectivity index (χ4v) is 5.17. The molecule has 1 atom stereocenters. The molecule has 2 bridgehead atoms. The van der Waals surface area contributed by atoms with Crippen LogP contribution in [-0.2, 0) is 10.2 Å². The molecule has 4 nitrogen and oxygen atoms in total. The largest absolute Gasteiger partial charge is 0.373 e. The summed E-state index contributed by atoms with van der Waals surface area (Å²) in [6.07, 6.45) is 5.54. The Labute approximate surface area is 150 Å². The molecule has 0 spiro atoms. The molecule has 25 heavy (non-hydrogen) atoms. The number of nitrogens with one attached hydrogen (secondary N) is 2. The molecule has 4 N–H and O–H groups in total. The van der Waals surface area contributed by atoms with Crippen molar-refractivity contribution < 1.29 is 4.74 Å². The lowest BCUT2D eigenvalue weighted by Gasteiger charge is -2.44. The molecule has 0 amide bonds. The summed E-state index contributed by atoms with van der Waals surface area (Å²) < 4.78 is 5.94. The van der Waals surface area contributed by atoms with Crippen LogP contribution in [0.3, 0.4) is 0 Å². The van der Waals surface area contributed by atoms with Gasteiger partial charge in [0.05, 0.1) is 12.2 Å². The Balaban J connectivity index is 1.38. The third-order valence-electron chi connectivity index (χ3n) is 6.41. The molecule has 1 saturated carbocycles. The number of fused-ring (bicyclic) bond motifs is 2. The SMILES string of the molecule is CC(CC(C)(C)c1c[nH]c2ccccc12)NCC12COC(CN)(C1)C2. The lowest BCUT2D eigenvalue weighted by atomic mass is 9.62. The van der Waals surface area contributed by atoms with Gasteiger partial charge in [-0.1, -0.05) is 32.0 Å². The van der Waals surface area contributed by atoms with Gasteiger partial charge in [-0.2, -0.15) is 0 Å². The fourth-order valence-electron chi connectivity index (χ4n) is 5.17. The van der Waals surface area contributed by atoms with Crippen LogP contribution < -0.4 is 11.1 Å². The number of H-pyrrole nitrogens is 1. The van der Waals surface area contributed by atoms with Crippen molar-refractivity contribution in [1.29, 1.82) is 0 Å². The van der Waals surface area contributed by atoms with Crippen LogP contribution in [0.4, 0.5) is 0 Å².